The summed E-state index contributed by atoms with van der Waals surface area (Å²) in [5.41, 5.74) is 0.582. The predicted octanol–water partition coefficient (Wildman–Crippen LogP) is 0.253. The second kappa shape index (κ2) is 7.10. The van der Waals surface area contributed by atoms with Crippen molar-refractivity contribution in [1.82, 2.24) is 15.7 Å². The molecule has 1 heterocycles. The lowest BCUT2D eigenvalue weighted by molar-refractivity contribution is -0.106. The molecule has 1 aliphatic heterocycles. The van der Waals surface area contributed by atoms with Crippen LogP contribution in [0.25, 0.3) is 0 Å². The molecule has 0 unspecified atom stereocenters. The maximum atomic E-state index is 11.9. The lowest BCUT2D eigenvalue weighted by Gasteiger charge is -2.20. The van der Waals surface area contributed by atoms with Gasteiger partial charge in [0, 0.05) is 39.3 Å². The summed E-state index contributed by atoms with van der Waals surface area (Å²) in [5, 5.41) is 8.26. The summed E-state index contributed by atoms with van der Waals surface area (Å²) in [6.45, 7) is 4.95. The molecule has 0 aromatic heterocycles. The van der Waals surface area contributed by atoms with Gasteiger partial charge in [0.25, 0.3) is 0 Å². The van der Waals surface area contributed by atoms with E-state index in [2.05, 4.69) is 10.6 Å². The Kier molecular flexibility index (Phi) is 5.14. The van der Waals surface area contributed by atoms with E-state index in [1.54, 1.807) is 17.2 Å². The van der Waals surface area contributed by atoms with Gasteiger partial charge in [-0.1, -0.05) is 18.2 Å². The highest BCUT2D eigenvalue weighted by molar-refractivity contribution is 5.89. The molecule has 5 nitrogen and oxygen atoms in total. The lowest BCUT2D eigenvalue weighted by Crippen LogP contribution is -2.36. The lowest BCUT2D eigenvalue weighted by atomic mass is 10.2. The Morgan fingerprint density at radius 3 is 2.22 bits per heavy atom. The molecule has 1 saturated heterocycles. The first kappa shape index (κ1) is 13.0. The van der Waals surface area contributed by atoms with Crippen molar-refractivity contribution in [2.45, 2.75) is 0 Å². The Morgan fingerprint density at radius 2 is 1.61 bits per heavy atom. The van der Waals surface area contributed by atoms with Crippen LogP contribution in [0.15, 0.2) is 30.3 Å². The molecule has 0 spiro atoms. The van der Waals surface area contributed by atoms with E-state index in [0.717, 1.165) is 26.2 Å². The van der Waals surface area contributed by atoms with Gasteiger partial charge in [0.05, 0.1) is 5.56 Å². The van der Waals surface area contributed by atoms with Crippen molar-refractivity contribution in [1.29, 1.82) is 0 Å². The highest BCUT2D eigenvalue weighted by Gasteiger charge is 2.13. The molecule has 0 aliphatic carbocycles. The molecule has 1 aliphatic rings. The number of hydrogen-bond donors (Lipinski definition) is 2. The standard InChI is InChI=1S/C13H19N3O2/c17-13(12-4-2-1-3-5-12)18-16-10-8-14-6-7-15-9-11-16/h1-5,14-15H,6-11H2. The van der Waals surface area contributed by atoms with E-state index in [1.807, 2.05) is 18.2 Å². The van der Waals surface area contributed by atoms with Crippen LogP contribution in [-0.4, -0.2) is 50.3 Å². The summed E-state index contributed by atoms with van der Waals surface area (Å²) < 4.78 is 0. The predicted molar refractivity (Wildman–Crippen MR) is 69.2 cm³/mol. The molecular weight excluding hydrogens is 230 g/mol. The third-order valence-electron chi connectivity index (χ3n) is 2.78. The fourth-order valence-electron chi connectivity index (χ4n) is 1.78. The molecule has 5 heteroatoms. The Morgan fingerprint density at radius 1 is 1.00 bits per heavy atom. The van der Waals surface area contributed by atoms with Gasteiger partial charge in [0.2, 0.25) is 0 Å². The summed E-state index contributed by atoms with van der Waals surface area (Å²) in [5.74, 6) is -0.296. The van der Waals surface area contributed by atoms with Gasteiger partial charge in [-0.25, -0.2) is 4.79 Å². The first-order valence-electron chi connectivity index (χ1n) is 6.30. The first-order valence-corrected chi connectivity index (χ1v) is 6.30. The van der Waals surface area contributed by atoms with Crippen molar-refractivity contribution >= 4 is 5.97 Å². The van der Waals surface area contributed by atoms with Crippen LogP contribution in [0.4, 0.5) is 0 Å². The van der Waals surface area contributed by atoms with Gasteiger partial charge in [-0.3, -0.25) is 0 Å². The van der Waals surface area contributed by atoms with Crippen molar-refractivity contribution in [2.24, 2.45) is 0 Å². The van der Waals surface area contributed by atoms with Crippen LogP contribution in [0.3, 0.4) is 0 Å². The van der Waals surface area contributed by atoms with Crippen molar-refractivity contribution in [3.63, 3.8) is 0 Å². The summed E-state index contributed by atoms with van der Waals surface area (Å²) in [6, 6.07) is 9.06. The molecule has 1 fully saturated rings. The third kappa shape index (κ3) is 4.10. The molecule has 0 bridgehead atoms. The van der Waals surface area contributed by atoms with Crippen molar-refractivity contribution in [2.75, 3.05) is 39.3 Å². The maximum absolute atomic E-state index is 11.9. The van der Waals surface area contributed by atoms with Crippen LogP contribution in [0.1, 0.15) is 10.4 Å². The molecule has 98 valence electrons. The summed E-state index contributed by atoms with van der Waals surface area (Å²) in [4.78, 5) is 17.3. The van der Waals surface area contributed by atoms with Gasteiger partial charge >= 0.3 is 5.97 Å². The van der Waals surface area contributed by atoms with E-state index in [-0.39, 0.29) is 5.97 Å². The molecule has 18 heavy (non-hydrogen) atoms. The zero-order chi connectivity index (χ0) is 12.6. The van der Waals surface area contributed by atoms with Crippen molar-refractivity contribution in [3.8, 4) is 0 Å². The molecule has 0 saturated carbocycles. The maximum Gasteiger partial charge on any atom is 0.357 e. The fraction of sp³-hybridized carbons (Fsp3) is 0.462. The molecule has 1 aromatic rings. The van der Waals surface area contributed by atoms with Crippen LogP contribution in [0, 0.1) is 0 Å². The molecule has 2 N–H and O–H groups in total. The Labute approximate surface area is 107 Å². The quantitative estimate of drug-likeness (QED) is 0.787. The van der Waals surface area contributed by atoms with E-state index in [4.69, 9.17) is 4.84 Å². The smallest absolute Gasteiger partial charge is 0.357 e. The van der Waals surface area contributed by atoms with Crippen LogP contribution in [-0.2, 0) is 4.84 Å². The fourth-order valence-corrected chi connectivity index (χ4v) is 1.78. The van der Waals surface area contributed by atoms with E-state index in [0.29, 0.717) is 18.7 Å². The van der Waals surface area contributed by atoms with Crippen molar-refractivity contribution in [3.05, 3.63) is 35.9 Å². The van der Waals surface area contributed by atoms with Crippen LogP contribution in [0.2, 0.25) is 0 Å². The second-order valence-corrected chi connectivity index (χ2v) is 4.17. The SMILES string of the molecule is O=C(ON1CCNCCNCC1)c1ccccc1. The van der Waals surface area contributed by atoms with E-state index < -0.39 is 0 Å². The third-order valence-corrected chi connectivity index (χ3v) is 2.78. The summed E-state index contributed by atoms with van der Waals surface area (Å²) in [7, 11) is 0. The Bertz CT molecular complexity index is 360. The molecular formula is C13H19N3O2. The Balaban J connectivity index is 1.88. The zero-order valence-electron chi connectivity index (χ0n) is 10.4. The molecule has 0 radical (unpaired) electrons. The monoisotopic (exact) mass is 249 g/mol. The number of nitrogens with zero attached hydrogens (tertiary/aromatic N) is 1. The van der Waals surface area contributed by atoms with Crippen LogP contribution < -0.4 is 10.6 Å². The highest BCUT2D eigenvalue weighted by atomic mass is 16.7. The normalized spacial score (nSPS) is 18.4. The first-order chi connectivity index (χ1) is 8.86. The number of benzene rings is 1. The van der Waals surface area contributed by atoms with Crippen molar-refractivity contribution < 1.29 is 9.63 Å². The van der Waals surface area contributed by atoms with E-state index >= 15 is 0 Å². The minimum atomic E-state index is -0.296. The number of nitrogens with one attached hydrogen (secondary N) is 2. The number of hydroxylamine groups is 2. The van der Waals surface area contributed by atoms with Gasteiger partial charge in [0.1, 0.15) is 0 Å². The van der Waals surface area contributed by atoms with E-state index in [9.17, 15) is 4.79 Å². The van der Waals surface area contributed by atoms with Gasteiger partial charge in [-0.05, 0) is 12.1 Å². The van der Waals surface area contributed by atoms with Gasteiger partial charge < -0.3 is 15.5 Å². The van der Waals surface area contributed by atoms with Gasteiger partial charge in [0.15, 0.2) is 0 Å². The summed E-state index contributed by atoms with van der Waals surface area (Å²) in [6.07, 6.45) is 0. The number of hydrogen-bond acceptors (Lipinski definition) is 5. The molecule has 1 aromatic carbocycles. The number of rotatable bonds is 2. The van der Waals surface area contributed by atoms with E-state index in [1.165, 1.54) is 0 Å². The summed E-state index contributed by atoms with van der Waals surface area (Å²) >= 11 is 0. The molecule has 0 atom stereocenters. The molecule has 0 amide bonds. The zero-order valence-corrected chi connectivity index (χ0v) is 10.4. The topological polar surface area (TPSA) is 53.6 Å². The average Bonchev–Trinajstić information content (AvgIpc) is 2.54. The number of carbonyl (C=O) groups is 1. The average molecular weight is 249 g/mol. The minimum absolute atomic E-state index is 0.296. The van der Waals surface area contributed by atoms with Gasteiger partial charge in [-0.2, -0.15) is 0 Å². The number of carbonyl (C=O) groups excluding carboxylic acids is 1. The van der Waals surface area contributed by atoms with Crippen LogP contribution >= 0.6 is 0 Å². The Hall–Kier alpha value is -1.43. The second-order valence-electron chi connectivity index (χ2n) is 4.17. The van der Waals surface area contributed by atoms with Crippen LogP contribution in [0.5, 0.6) is 0 Å². The minimum Gasteiger partial charge on any atom is -0.364 e. The molecule has 2 rings (SSSR count). The highest BCUT2D eigenvalue weighted by Crippen LogP contribution is 2.03. The van der Waals surface area contributed by atoms with Gasteiger partial charge in [-0.15, -0.1) is 5.06 Å². The largest absolute Gasteiger partial charge is 0.364 e.